The number of rotatable bonds is 6. The molecule has 1 N–H and O–H groups in total. The third-order valence-corrected chi connectivity index (χ3v) is 11.6. The molecule has 3 aliphatic rings. The van der Waals surface area contributed by atoms with E-state index >= 15 is 0 Å². The number of carbonyl (C=O) groups excluding carboxylic acids is 2. The minimum absolute atomic E-state index is 0.0607. The van der Waals surface area contributed by atoms with E-state index in [4.69, 9.17) is 44.3 Å². The number of benzene rings is 2. The van der Waals surface area contributed by atoms with Gasteiger partial charge in [-0.2, -0.15) is 0 Å². The van der Waals surface area contributed by atoms with Gasteiger partial charge in [-0.05, 0) is 23.3 Å². The van der Waals surface area contributed by atoms with Crippen molar-refractivity contribution in [2.45, 2.75) is 47.6 Å². The molecule has 14 nitrogen and oxygen atoms in total. The first-order valence-corrected chi connectivity index (χ1v) is 16.3. The Morgan fingerprint density at radius 1 is 0.980 bits per heavy atom. The zero-order valence-electron chi connectivity index (χ0n) is 26.6. The highest BCUT2D eigenvalue weighted by Gasteiger charge is 2.75. The Balaban J connectivity index is 1.32. The van der Waals surface area contributed by atoms with Gasteiger partial charge in [0.2, 0.25) is 0 Å². The number of methoxy groups -OCH3 is 2. The molecule has 4 aromatic rings. The zero-order valence-corrected chi connectivity index (χ0v) is 28.8. The molecule has 4 atom stereocenters. The predicted octanol–water partition coefficient (Wildman–Crippen LogP) is 2.30. The second-order valence-electron chi connectivity index (χ2n) is 12.3. The van der Waals surface area contributed by atoms with Crippen molar-refractivity contribution in [2.75, 3.05) is 21.3 Å². The smallest absolute Gasteiger partial charge is 0.347 e. The van der Waals surface area contributed by atoms with E-state index in [0.29, 0.717) is 33.7 Å². The van der Waals surface area contributed by atoms with Crippen molar-refractivity contribution < 1.29 is 24.2 Å². The number of allylic oxidation sites excluding steroid dienone is 2. The van der Waals surface area contributed by atoms with Crippen LogP contribution in [0.2, 0.25) is 5.02 Å². The molecule has 1 saturated heterocycles. The second-order valence-corrected chi connectivity index (χ2v) is 13.9. The first-order valence-electron chi connectivity index (χ1n) is 15.1. The number of hydrogen-bond donors (Lipinski definition) is 1. The second kappa shape index (κ2) is 11.3. The molecule has 4 heterocycles. The van der Waals surface area contributed by atoms with Crippen molar-refractivity contribution in [1.29, 1.82) is 0 Å². The van der Waals surface area contributed by atoms with Gasteiger partial charge >= 0.3 is 11.4 Å². The third kappa shape index (κ3) is 4.39. The van der Waals surface area contributed by atoms with Gasteiger partial charge in [0.05, 0.1) is 37.8 Å². The van der Waals surface area contributed by atoms with Crippen molar-refractivity contribution in [2.24, 2.45) is 7.05 Å². The van der Waals surface area contributed by atoms with Crippen molar-refractivity contribution in [3.63, 3.8) is 0 Å². The van der Waals surface area contributed by atoms with Gasteiger partial charge in [-0.3, -0.25) is 19.3 Å². The van der Waals surface area contributed by atoms with E-state index in [1.165, 1.54) is 53.4 Å². The van der Waals surface area contributed by atoms with Crippen LogP contribution in [0.4, 0.5) is 0 Å². The Morgan fingerprint density at radius 2 is 1.67 bits per heavy atom. The summed E-state index contributed by atoms with van der Waals surface area (Å²) in [7, 11) is 5.82. The van der Waals surface area contributed by atoms with E-state index in [-0.39, 0.29) is 42.4 Å². The standard InChI is InChI=1S/C32H29Cl3N6O8/c1-37-21-13-24(49-4)23(48-3)12-20(21)36-19(26(37)43)8-9-39-29(46)40-10-7-17-22(41(40)30(39)47)14-31(34)27(44)38(2)28(45)32(31,35)25(17)16-6-5-15(42)11-18(16)33/h5-7,11-13,22,25,42H,8-10,14H2,1-4H3. The molecule has 0 radical (unpaired) electrons. The number of imide groups is 1. The number of aromatic hydroxyl groups is 1. The minimum Gasteiger partial charge on any atom is -0.508 e. The van der Waals surface area contributed by atoms with Gasteiger partial charge < -0.3 is 19.1 Å². The summed E-state index contributed by atoms with van der Waals surface area (Å²) in [4.78, 5) is 69.8. The van der Waals surface area contributed by atoms with Gasteiger partial charge in [-0.15, -0.1) is 23.2 Å². The molecule has 256 valence electrons. The average molecular weight is 732 g/mol. The van der Waals surface area contributed by atoms with Crippen LogP contribution in [0.25, 0.3) is 11.0 Å². The van der Waals surface area contributed by atoms with E-state index in [0.717, 1.165) is 9.47 Å². The molecular weight excluding hydrogens is 703 g/mol. The molecule has 4 unspecified atom stereocenters. The summed E-state index contributed by atoms with van der Waals surface area (Å²) in [6.07, 6.45) is 1.34. The molecule has 7 rings (SSSR count). The van der Waals surface area contributed by atoms with E-state index in [1.807, 2.05) is 0 Å². The lowest BCUT2D eigenvalue weighted by Gasteiger charge is -2.49. The van der Waals surface area contributed by atoms with E-state index < -0.39 is 50.5 Å². The van der Waals surface area contributed by atoms with Crippen LogP contribution < -0.4 is 26.4 Å². The van der Waals surface area contributed by atoms with Crippen molar-refractivity contribution >= 4 is 57.7 Å². The van der Waals surface area contributed by atoms with Crippen LogP contribution >= 0.6 is 34.8 Å². The summed E-state index contributed by atoms with van der Waals surface area (Å²) in [5.74, 6) is -1.91. The summed E-state index contributed by atoms with van der Waals surface area (Å²) in [5, 5.41) is 10.1. The first kappa shape index (κ1) is 33.0. The van der Waals surface area contributed by atoms with Crippen LogP contribution in [-0.4, -0.2) is 76.3 Å². The van der Waals surface area contributed by atoms with Crippen LogP contribution in [0, 0.1) is 0 Å². The van der Waals surface area contributed by atoms with E-state index in [1.54, 1.807) is 25.3 Å². The fourth-order valence-electron chi connectivity index (χ4n) is 7.43. The van der Waals surface area contributed by atoms with Crippen LogP contribution in [0.3, 0.4) is 0 Å². The van der Waals surface area contributed by atoms with Crippen molar-refractivity contribution in [3.05, 3.63) is 89.6 Å². The van der Waals surface area contributed by atoms with Gasteiger partial charge in [-0.25, -0.2) is 28.5 Å². The van der Waals surface area contributed by atoms with Crippen molar-refractivity contribution in [1.82, 2.24) is 28.4 Å². The number of likely N-dealkylation sites (tertiary alicyclic amines) is 1. The molecule has 1 aliphatic carbocycles. The first-order chi connectivity index (χ1) is 23.2. The molecule has 2 aliphatic heterocycles. The maximum Gasteiger partial charge on any atom is 0.347 e. The van der Waals surface area contributed by atoms with Gasteiger partial charge in [0.25, 0.3) is 17.4 Å². The summed E-state index contributed by atoms with van der Waals surface area (Å²) in [6, 6.07) is 6.42. The minimum atomic E-state index is -2.04. The van der Waals surface area contributed by atoms with Crippen LogP contribution in [-0.2, 0) is 36.1 Å². The van der Waals surface area contributed by atoms with Gasteiger partial charge in [0.15, 0.2) is 21.2 Å². The van der Waals surface area contributed by atoms with Gasteiger partial charge in [0.1, 0.15) is 11.4 Å². The highest BCUT2D eigenvalue weighted by molar-refractivity contribution is 6.53. The number of aromatic nitrogens is 5. The average Bonchev–Trinajstić information content (AvgIpc) is 3.39. The topological polar surface area (TPSA) is 160 Å². The number of nitrogens with zero attached hydrogens (tertiary/aromatic N) is 6. The number of alkyl halides is 2. The largest absolute Gasteiger partial charge is 0.508 e. The molecule has 0 bridgehead atoms. The molecule has 1 saturated carbocycles. The summed E-state index contributed by atoms with van der Waals surface area (Å²) >= 11 is 20.9. The zero-order chi connectivity index (χ0) is 35.3. The van der Waals surface area contributed by atoms with E-state index in [9.17, 15) is 29.1 Å². The van der Waals surface area contributed by atoms with Crippen molar-refractivity contribution in [3.8, 4) is 17.2 Å². The summed E-state index contributed by atoms with van der Waals surface area (Å²) in [6.45, 7) is -0.260. The Bertz CT molecular complexity index is 2340. The molecule has 2 aromatic carbocycles. The third-order valence-electron chi connectivity index (χ3n) is 9.88. The highest BCUT2D eigenvalue weighted by atomic mass is 35.5. The summed E-state index contributed by atoms with van der Waals surface area (Å²) in [5.41, 5.74) is 0.0459. The molecular formula is C32H29Cl3N6O8. The fraction of sp³-hybridized carbons (Fsp3) is 0.375. The monoisotopic (exact) mass is 730 g/mol. The lowest BCUT2D eigenvalue weighted by Crippen LogP contribution is -2.59. The maximum atomic E-state index is 14.1. The Labute approximate surface area is 292 Å². The Hall–Kier alpha value is -4.53. The molecule has 17 heteroatoms. The SMILES string of the molecule is COc1cc2nc(CCn3c(=O)n4n(c3=O)C3CC5(Cl)C(=O)N(C)C(=O)C5(Cl)C(c5ccc(O)cc5Cl)C3=CC4)c(=O)n(C)c2cc1OC. The molecule has 0 spiro atoms. The lowest BCUT2D eigenvalue weighted by atomic mass is 9.64. The van der Waals surface area contributed by atoms with Gasteiger partial charge in [0, 0.05) is 56.6 Å². The molecule has 2 fully saturated rings. The number of hydrogen-bond acceptors (Lipinski definition) is 9. The number of aryl methyl sites for hydroxylation is 2. The number of carbonyl (C=O) groups is 2. The lowest BCUT2D eigenvalue weighted by molar-refractivity contribution is -0.137. The number of phenols is 1. The predicted molar refractivity (Wildman–Crippen MR) is 179 cm³/mol. The molecule has 2 aromatic heterocycles. The number of phenolic OH excluding ortho intramolecular Hbond substituents is 1. The molecule has 2 amide bonds. The Kier molecular flexibility index (Phi) is 7.58. The van der Waals surface area contributed by atoms with E-state index in [2.05, 4.69) is 4.98 Å². The normalized spacial score (nSPS) is 24.5. The van der Waals surface area contributed by atoms with Crippen LogP contribution in [0.5, 0.6) is 17.2 Å². The maximum absolute atomic E-state index is 14.1. The van der Waals surface area contributed by atoms with Crippen LogP contribution in [0.1, 0.15) is 29.6 Å². The highest BCUT2D eigenvalue weighted by Crippen LogP contribution is 2.63. The van der Waals surface area contributed by atoms with Gasteiger partial charge in [-0.1, -0.05) is 23.7 Å². The number of fused-ring (bicyclic) bond motifs is 5. The number of halogens is 3. The number of ether oxygens (including phenoxy) is 2. The quantitative estimate of drug-likeness (QED) is 0.178. The fourth-order valence-corrected chi connectivity index (χ4v) is 8.71. The molecule has 49 heavy (non-hydrogen) atoms. The van der Waals surface area contributed by atoms with Crippen LogP contribution in [0.15, 0.2) is 56.4 Å². The summed E-state index contributed by atoms with van der Waals surface area (Å²) < 4.78 is 15.6. The number of amides is 2. The Morgan fingerprint density at radius 3 is 2.35 bits per heavy atom.